The SMILES string of the molecule is OB(O)c1cc(CN2CCOCC2)ccc1Cl. The molecule has 0 atom stereocenters. The second-order valence-electron chi connectivity index (χ2n) is 4.12. The van der Waals surface area contributed by atoms with Crippen molar-refractivity contribution >= 4 is 24.2 Å². The highest BCUT2D eigenvalue weighted by molar-refractivity contribution is 6.62. The Morgan fingerprint density at radius 3 is 2.65 bits per heavy atom. The van der Waals surface area contributed by atoms with Gasteiger partial charge in [0.05, 0.1) is 13.2 Å². The van der Waals surface area contributed by atoms with Gasteiger partial charge in [0.1, 0.15) is 0 Å². The first-order valence-corrected chi connectivity index (χ1v) is 5.99. The Morgan fingerprint density at radius 1 is 1.29 bits per heavy atom. The molecule has 1 aromatic rings. The summed E-state index contributed by atoms with van der Waals surface area (Å²) in [6.07, 6.45) is 0. The Morgan fingerprint density at radius 2 is 2.00 bits per heavy atom. The van der Waals surface area contributed by atoms with Gasteiger partial charge in [-0.05, 0) is 11.6 Å². The van der Waals surface area contributed by atoms with E-state index < -0.39 is 7.12 Å². The van der Waals surface area contributed by atoms with Crippen LogP contribution in [0.25, 0.3) is 0 Å². The van der Waals surface area contributed by atoms with E-state index in [1.807, 2.05) is 6.07 Å². The van der Waals surface area contributed by atoms with Gasteiger partial charge in [0, 0.05) is 30.1 Å². The van der Waals surface area contributed by atoms with E-state index >= 15 is 0 Å². The van der Waals surface area contributed by atoms with Gasteiger partial charge in [-0.25, -0.2) is 0 Å². The van der Waals surface area contributed by atoms with E-state index in [2.05, 4.69) is 4.90 Å². The van der Waals surface area contributed by atoms with E-state index in [4.69, 9.17) is 16.3 Å². The quantitative estimate of drug-likeness (QED) is 0.738. The van der Waals surface area contributed by atoms with Crippen molar-refractivity contribution in [2.45, 2.75) is 6.54 Å². The molecule has 92 valence electrons. The second kappa shape index (κ2) is 5.84. The van der Waals surface area contributed by atoms with Crippen LogP contribution < -0.4 is 5.46 Å². The predicted octanol–water partition coefficient (Wildman–Crippen LogP) is -0.148. The molecule has 1 heterocycles. The number of benzene rings is 1. The summed E-state index contributed by atoms with van der Waals surface area (Å²) < 4.78 is 5.28. The standard InChI is InChI=1S/C11H15BClNO3/c13-11-2-1-9(7-10(11)12(15)16)8-14-3-5-17-6-4-14/h1-2,7,15-16H,3-6,8H2. The summed E-state index contributed by atoms with van der Waals surface area (Å²) in [5, 5.41) is 18.7. The van der Waals surface area contributed by atoms with Crippen molar-refractivity contribution in [3.63, 3.8) is 0 Å². The van der Waals surface area contributed by atoms with Crippen LogP contribution in [0.5, 0.6) is 0 Å². The van der Waals surface area contributed by atoms with Crippen LogP contribution in [0.4, 0.5) is 0 Å². The lowest BCUT2D eigenvalue weighted by molar-refractivity contribution is 0.0342. The molecule has 17 heavy (non-hydrogen) atoms. The minimum Gasteiger partial charge on any atom is -0.423 e. The largest absolute Gasteiger partial charge is 0.489 e. The molecule has 4 nitrogen and oxygen atoms in total. The lowest BCUT2D eigenvalue weighted by Crippen LogP contribution is -2.36. The first-order chi connectivity index (χ1) is 8.16. The Bertz CT molecular complexity index is 383. The van der Waals surface area contributed by atoms with Crippen LogP contribution in [0.3, 0.4) is 0 Å². The molecular formula is C11H15BClNO3. The molecule has 0 saturated carbocycles. The molecule has 2 N–H and O–H groups in total. The topological polar surface area (TPSA) is 52.9 Å². The molecule has 0 spiro atoms. The summed E-state index contributed by atoms with van der Waals surface area (Å²) in [4.78, 5) is 2.26. The number of morpholine rings is 1. The first-order valence-electron chi connectivity index (χ1n) is 5.61. The summed E-state index contributed by atoms with van der Waals surface area (Å²) >= 11 is 5.88. The smallest absolute Gasteiger partial charge is 0.423 e. The number of rotatable bonds is 3. The Labute approximate surface area is 106 Å². The maximum Gasteiger partial charge on any atom is 0.489 e. The zero-order valence-electron chi connectivity index (χ0n) is 9.47. The van der Waals surface area contributed by atoms with Gasteiger partial charge in [-0.15, -0.1) is 0 Å². The van der Waals surface area contributed by atoms with E-state index in [1.54, 1.807) is 12.1 Å². The molecule has 1 saturated heterocycles. The lowest BCUT2D eigenvalue weighted by atomic mass is 9.79. The van der Waals surface area contributed by atoms with Crippen molar-refractivity contribution in [1.82, 2.24) is 4.90 Å². The molecule has 1 aliphatic heterocycles. The van der Waals surface area contributed by atoms with Crippen LogP contribution in [0.1, 0.15) is 5.56 Å². The normalized spacial score (nSPS) is 17.1. The summed E-state index contributed by atoms with van der Waals surface area (Å²) in [5.41, 5.74) is 1.39. The molecular weight excluding hydrogens is 240 g/mol. The minimum atomic E-state index is -1.52. The maximum atomic E-state index is 9.17. The zero-order valence-corrected chi connectivity index (χ0v) is 10.2. The fourth-order valence-electron chi connectivity index (χ4n) is 1.91. The van der Waals surface area contributed by atoms with Crippen LogP contribution in [0, 0.1) is 0 Å². The monoisotopic (exact) mass is 255 g/mol. The lowest BCUT2D eigenvalue weighted by Gasteiger charge is -2.26. The molecule has 0 aliphatic carbocycles. The summed E-state index contributed by atoms with van der Waals surface area (Å²) in [6, 6.07) is 5.35. The third kappa shape index (κ3) is 3.44. The van der Waals surface area contributed by atoms with E-state index in [9.17, 15) is 10.0 Å². The van der Waals surface area contributed by atoms with Crippen LogP contribution in [-0.2, 0) is 11.3 Å². The fraction of sp³-hybridized carbons (Fsp3) is 0.455. The minimum absolute atomic E-state index is 0.359. The van der Waals surface area contributed by atoms with Gasteiger partial charge in [-0.2, -0.15) is 0 Å². The molecule has 0 radical (unpaired) electrons. The van der Waals surface area contributed by atoms with Crippen molar-refractivity contribution in [3.8, 4) is 0 Å². The van der Waals surface area contributed by atoms with Crippen molar-refractivity contribution < 1.29 is 14.8 Å². The molecule has 1 aliphatic rings. The Balaban J connectivity index is 2.07. The highest BCUT2D eigenvalue weighted by Gasteiger charge is 2.17. The van der Waals surface area contributed by atoms with Gasteiger partial charge in [-0.3, -0.25) is 4.90 Å². The number of hydrogen-bond acceptors (Lipinski definition) is 4. The van der Waals surface area contributed by atoms with Gasteiger partial charge < -0.3 is 14.8 Å². The third-order valence-electron chi connectivity index (χ3n) is 2.85. The Hall–Kier alpha value is -0.585. The van der Waals surface area contributed by atoms with E-state index in [0.717, 1.165) is 38.4 Å². The molecule has 1 aromatic carbocycles. The van der Waals surface area contributed by atoms with Crippen molar-refractivity contribution in [2.75, 3.05) is 26.3 Å². The highest BCUT2D eigenvalue weighted by Crippen LogP contribution is 2.11. The van der Waals surface area contributed by atoms with Crippen LogP contribution >= 0.6 is 11.6 Å². The van der Waals surface area contributed by atoms with Gasteiger partial charge in [-0.1, -0.05) is 23.7 Å². The molecule has 0 amide bonds. The van der Waals surface area contributed by atoms with Crippen molar-refractivity contribution in [2.24, 2.45) is 0 Å². The summed E-state index contributed by atoms with van der Waals surface area (Å²) in [7, 11) is -1.52. The average molecular weight is 256 g/mol. The molecule has 0 unspecified atom stereocenters. The summed E-state index contributed by atoms with van der Waals surface area (Å²) in [5.74, 6) is 0. The van der Waals surface area contributed by atoms with Gasteiger partial charge in [0.15, 0.2) is 0 Å². The van der Waals surface area contributed by atoms with Crippen LogP contribution in [0.15, 0.2) is 18.2 Å². The van der Waals surface area contributed by atoms with Crippen LogP contribution in [0.2, 0.25) is 5.02 Å². The van der Waals surface area contributed by atoms with Crippen LogP contribution in [-0.4, -0.2) is 48.4 Å². The number of ether oxygens (including phenoxy) is 1. The number of nitrogens with zero attached hydrogens (tertiary/aromatic N) is 1. The Kier molecular flexibility index (Phi) is 4.42. The molecule has 1 fully saturated rings. The number of halogens is 1. The third-order valence-corrected chi connectivity index (χ3v) is 3.19. The molecule has 0 aromatic heterocycles. The van der Waals surface area contributed by atoms with Gasteiger partial charge in [0.25, 0.3) is 0 Å². The molecule has 6 heteroatoms. The first kappa shape index (κ1) is 12.9. The molecule has 2 rings (SSSR count). The van der Waals surface area contributed by atoms with Gasteiger partial charge >= 0.3 is 7.12 Å². The van der Waals surface area contributed by atoms with Gasteiger partial charge in [0.2, 0.25) is 0 Å². The zero-order chi connectivity index (χ0) is 12.3. The second-order valence-corrected chi connectivity index (χ2v) is 4.53. The van der Waals surface area contributed by atoms with E-state index in [-0.39, 0.29) is 0 Å². The maximum absolute atomic E-state index is 9.17. The average Bonchev–Trinajstić information content (AvgIpc) is 2.32. The fourth-order valence-corrected chi connectivity index (χ4v) is 2.12. The van der Waals surface area contributed by atoms with E-state index in [1.165, 1.54) is 0 Å². The van der Waals surface area contributed by atoms with Crippen molar-refractivity contribution in [3.05, 3.63) is 28.8 Å². The van der Waals surface area contributed by atoms with E-state index in [0.29, 0.717) is 10.5 Å². The molecule has 0 bridgehead atoms. The number of hydrogen-bond donors (Lipinski definition) is 2. The van der Waals surface area contributed by atoms with Crippen molar-refractivity contribution in [1.29, 1.82) is 0 Å². The summed E-state index contributed by atoms with van der Waals surface area (Å²) in [6.45, 7) is 4.09. The predicted molar refractivity (Wildman–Crippen MR) is 67.4 cm³/mol. The highest BCUT2D eigenvalue weighted by atomic mass is 35.5.